The standard InChI is InChI=1S/C23H20Cl2N6O4/c1-29-18-19(28-22(29)27-17-5-3-4-16(26-17)12-9-13(12)21(33)34)30(2)23(35)31(20(18)32)10-11-6-7-14(24)15(25)8-11/h3-8,12-13H,9-10H2,1-2H3,(H,33,34)(H,26,27,28). The van der Waals surface area contributed by atoms with Gasteiger partial charge in [0, 0.05) is 25.7 Å². The molecule has 1 aliphatic carbocycles. The molecule has 3 heterocycles. The molecule has 180 valence electrons. The molecule has 4 aromatic rings. The van der Waals surface area contributed by atoms with Crippen LogP contribution in [0.4, 0.5) is 11.8 Å². The highest BCUT2D eigenvalue weighted by Crippen LogP contribution is 2.47. The fourth-order valence-corrected chi connectivity index (χ4v) is 4.47. The Morgan fingerprint density at radius 3 is 2.57 bits per heavy atom. The van der Waals surface area contributed by atoms with E-state index in [2.05, 4.69) is 15.3 Å². The molecule has 0 aliphatic heterocycles. The average Bonchev–Trinajstić information content (AvgIpc) is 3.57. The van der Waals surface area contributed by atoms with Crippen LogP contribution in [0.25, 0.3) is 11.2 Å². The SMILES string of the molecule is Cn1c(Nc2cccc(C3CC3C(=O)O)n2)nc2c1c(=O)n(Cc1ccc(Cl)c(Cl)c1)c(=O)n2C. The maximum absolute atomic E-state index is 13.3. The van der Waals surface area contributed by atoms with Gasteiger partial charge in [-0.05, 0) is 36.2 Å². The van der Waals surface area contributed by atoms with Crippen LogP contribution in [0.1, 0.15) is 23.6 Å². The third-order valence-corrected chi connectivity index (χ3v) is 6.92. The van der Waals surface area contributed by atoms with Gasteiger partial charge in [-0.15, -0.1) is 0 Å². The summed E-state index contributed by atoms with van der Waals surface area (Å²) >= 11 is 12.1. The van der Waals surface area contributed by atoms with Crippen LogP contribution in [0, 0.1) is 5.92 Å². The lowest BCUT2D eigenvalue weighted by Crippen LogP contribution is -2.39. The molecule has 2 atom stereocenters. The van der Waals surface area contributed by atoms with Gasteiger partial charge in [0.2, 0.25) is 5.95 Å². The molecule has 2 N–H and O–H groups in total. The second-order valence-corrected chi connectivity index (χ2v) is 9.32. The molecule has 0 radical (unpaired) electrons. The van der Waals surface area contributed by atoms with Gasteiger partial charge in [-0.3, -0.25) is 18.7 Å². The quantitative estimate of drug-likeness (QED) is 0.405. The summed E-state index contributed by atoms with van der Waals surface area (Å²) in [6, 6.07) is 10.2. The lowest BCUT2D eigenvalue weighted by Gasteiger charge is -2.09. The van der Waals surface area contributed by atoms with Crippen LogP contribution in [0.2, 0.25) is 10.0 Å². The summed E-state index contributed by atoms with van der Waals surface area (Å²) in [6.07, 6.45) is 0.554. The summed E-state index contributed by atoms with van der Waals surface area (Å²) in [5.74, 6) is -0.600. The van der Waals surface area contributed by atoms with Crippen molar-refractivity contribution >= 4 is 52.1 Å². The van der Waals surface area contributed by atoms with Crippen molar-refractivity contribution < 1.29 is 9.90 Å². The first-order valence-electron chi connectivity index (χ1n) is 10.7. The highest BCUT2D eigenvalue weighted by atomic mass is 35.5. The van der Waals surface area contributed by atoms with E-state index in [1.165, 1.54) is 4.57 Å². The fourth-order valence-electron chi connectivity index (χ4n) is 4.15. The summed E-state index contributed by atoms with van der Waals surface area (Å²) in [5.41, 5.74) is 0.767. The highest BCUT2D eigenvalue weighted by molar-refractivity contribution is 6.42. The topological polar surface area (TPSA) is 124 Å². The zero-order chi connectivity index (χ0) is 25.0. The summed E-state index contributed by atoms with van der Waals surface area (Å²) in [6.45, 7) is 0.0159. The average molecular weight is 515 g/mol. The first-order valence-corrected chi connectivity index (χ1v) is 11.5. The van der Waals surface area contributed by atoms with Crippen molar-refractivity contribution in [1.29, 1.82) is 0 Å². The molecule has 1 aliphatic rings. The van der Waals surface area contributed by atoms with Gasteiger partial charge < -0.3 is 15.0 Å². The molecule has 0 amide bonds. The molecular formula is C23H20Cl2N6O4. The Bertz CT molecular complexity index is 1620. The van der Waals surface area contributed by atoms with Crippen LogP contribution in [-0.4, -0.2) is 34.7 Å². The van der Waals surface area contributed by atoms with Gasteiger partial charge in [-0.25, -0.2) is 9.78 Å². The number of rotatable bonds is 6. The number of aliphatic carboxylic acids is 1. The number of halogens is 2. The van der Waals surface area contributed by atoms with Crippen molar-refractivity contribution in [3.63, 3.8) is 0 Å². The van der Waals surface area contributed by atoms with Crippen molar-refractivity contribution in [2.45, 2.75) is 18.9 Å². The summed E-state index contributed by atoms with van der Waals surface area (Å²) in [5, 5.41) is 13.0. The van der Waals surface area contributed by atoms with E-state index in [4.69, 9.17) is 23.2 Å². The normalized spacial score (nSPS) is 17.0. The van der Waals surface area contributed by atoms with Crippen LogP contribution < -0.4 is 16.6 Å². The summed E-state index contributed by atoms with van der Waals surface area (Å²) in [4.78, 5) is 46.5. The number of nitrogens with one attached hydrogen (secondary N) is 1. The van der Waals surface area contributed by atoms with Gasteiger partial charge in [0.15, 0.2) is 11.2 Å². The van der Waals surface area contributed by atoms with Crippen molar-refractivity contribution in [2.75, 3.05) is 5.32 Å². The van der Waals surface area contributed by atoms with Crippen molar-refractivity contribution in [1.82, 2.24) is 23.7 Å². The predicted octanol–water partition coefficient (Wildman–Crippen LogP) is 3.12. The van der Waals surface area contributed by atoms with E-state index in [-0.39, 0.29) is 23.6 Å². The smallest absolute Gasteiger partial charge is 0.332 e. The second kappa shape index (κ2) is 8.54. The van der Waals surface area contributed by atoms with E-state index >= 15 is 0 Å². The fraction of sp³-hybridized carbons (Fsp3) is 0.261. The van der Waals surface area contributed by atoms with E-state index in [1.807, 2.05) is 0 Å². The number of benzene rings is 1. The number of nitrogens with zero attached hydrogens (tertiary/aromatic N) is 5. The molecule has 12 heteroatoms. The van der Waals surface area contributed by atoms with Gasteiger partial charge in [-0.1, -0.05) is 35.3 Å². The maximum atomic E-state index is 13.3. The van der Waals surface area contributed by atoms with E-state index in [0.29, 0.717) is 39.5 Å². The van der Waals surface area contributed by atoms with E-state index < -0.39 is 23.1 Å². The predicted molar refractivity (Wildman–Crippen MR) is 132 cm³/mol. The molecule has 35 heavy (non-hydrogen) atoms. The van der Waals surface area contributed by atoms with Crippen LogP contribution in [0.3, 0.4) is 0 Å². The molecule has 0 spiro atoms. The van der Waals surface area contributed by atoms with Crippen LogP contribution in [0.5, 0.6) is 0 Å². The zero-order valence-corrected chi connectivity index (χ0v) is 20.2. The number of carbonyl (C=O) groups is 1. The molecule has 2 unspecified atom stereocenters. The number of aromatic nitrogens is 5. The maximum Gasteiger partial charge on any atom is 0.332 e. The first kappa shape index (κ1) is 23.1. The molecule has 1 saturated carbocycles. The van der Waals surface area contributed by atoms with Gasteiger partial charge in [0.25, 0.3) is 5.56 Å². The Labute approximate surface area is 208 Å². The molecule has 0 bridgehead atoms. The zero-order valence-electron chi connectivity index (χ0n) is 18.7. The van der Waals surface area contributed by atoms with Crippen LogP contribution >= 0.6 is 23.2 Å². The summed E-state index contributed by atoms with van der Waals surface area (Å²) in [7, 11) is 3.21. The molecular weight excluding hydrogens is 495 g/mol. The van der Waals surface area contributed by atoms with Crippen molar-refractivity contribution in [2.24, 2.45) is 20.0 Å². The molecule has 10 nitrogen and oxygen atoms in total. The Hall–Kier alpha value is -3.63. The largest absolute Gasteiger partial charge is 0.481 e. The number of carboxylic acid groups (broad SMARTS) is 1. The van der Waals surface area contributed by atoms with E-state index in [9.17, 15) is 19.5 Å². The number of carboxylic acids is 1. The highest BCUT2D eigenvalue weighted by Gasteiger charge is 2.45. The lowest BCUT2D eigenvalue weighted by molar-refractivity contribution is -0.138. The lowest BCUT2D eigenvalue weighted by atomic mass is 10.2. The van der Waals surface area contributed by atoms with Gasteiger partial charge in [0.05, 0.1) is 22.5 Å². The van der Waals surface area contributed by atoms with E-state index in [0.717, 1.165) is 4.57 Å². The minimum atomic E-state index is -0.830. The Kier molecular flexibility index (Phi) is 5.65. The van der Waals surface area contributed by atoms with Crippen molar-refractivity contribution in [3.05, 3.63) is 78.5 Å². The summed E-state index contributed by atoms with van der Waals surface area (Å²) < 4.78 is 3.99. The van der Waals surface area contributed by atoms with Crippen LogP contribution in [0.15, 0.2) is 46.0 Å². The number of hydrogen-bond acceptors (Lipinski definition) is 6. The first-order chi connectivity index (χ1) is 16.7. The molecule has 0 saturated heterocycles. The number of hydrogen-bond donors (Lipinski definition) is 2. The molecule has 1 fully saturated rings. The minimum absolute atomic E-state index is 0.0159. The number of fused-ring (bicyclic) bond motifs is 1. The molecule has 3 aromatic heterocycles. The Balaban J connectivity index is 1.52. The molecule has 5 rings (SSSR count). The second-order valence-electron chi connectivity index (χ2n) is 8.51. The van der Waals surface area contributed by atoms with Gasteiger partial charge in [0.1, 0.15) is 5.82 Å². The monoisotopic (exact) mass is 514 g/mol. The Morgan fingerprint density at radius 2 is 1.89 bits per heavy atom. The van der Waals surface area contributed by atoms with E-state index in [1.54, 1.807) is 55.1 Å². The minimum Gasteiger partial charge on any atom is -0.481 e. The Morgan fingerprint density at radius 1 is 1.11 bits per heavy atom. The van der Waals surface area contributed by atoms with Crippen LogP contribution in [-0.2, 0) is 25.4 Å². The van der Waals surface area contributed by atoms with Gasteiger partial charge in [-0.2, -0.15) is 4.98 Å². The third-order valence-electron chi connectivity index (χ3n) is 6.18. The van der Waals surface area contributed by atoms with Crippen molar-refractivity contribution in [3.8, 4) is 0 Å². The number of anilines is 2. The number of aryl methyl sites for hydroxylation is 2. The molecule has 1 aromatic carbocycles. The number of pyridine rings is 1. The third kappa shape index (κ3) is 4.08. The van der Waals surface area contributed by atoms with Gasteiger partial charge >= 0.3 is 11.7 Å². The number of imidazole rings is 1.